The maximum Gasteiger partial charge on any atom is 0.125 e. The molecule has 0 amide bonds. The van der Waals surface area contributed by atoms with E-state index in [0.29, 0.717) is 0 Å². The molecule has 0 saturated carbocycles. The second kappa shape index (κ2) is 4.75. The molecule has 16 heavy (non-hydrogen) atoms. The summed E-state index contributed by atoms with van der Waals surface area (Å²) in [6.45, 7) is 4.09. The van der Waals surface area contributed by atoms with Gasteiger partial charge in [0.05, 0.1) is 0 Å². The van der Waals surface area contributed by atoms with E-state index >= 15 is 0 Å². The van der Waals surface area contributed by atoms with Crippen LogP contribution in [0.3, 0.4) is 0 Å². The van der Waals surface area contributed by atoms with E-state index < -0.39 is 0 Å². The molecule has 0 aliphatic carbocycles. The fourth-order valence-corrected chi connectivity index (χ4v) is 1.72. The van der Waals surface area contributed by atoms with Gasteiger partial charge in [0.2, 0.25) is 0 Å². The highest BCUT2D eigenvalue weighted by Gasteiger charge is 1.92. The fraction of sp³-hybridized carbons (Fsp3) is 0. The molecule has 0 spiro atoms. The second-order valence-electron chi connectivity index (χ2n) is 3.56. The van der Waals surface area contributed by atoms with Crippen LogP contribution in [0.5, 0.6) is 0 Å². The van der Waals surface area contributed by atoms with Crippen molar-refractivity contribution in [1.29, 1.82) is 0 Å². The normalized spacial score (nSPS) is 12.7. The summed E-state index contributed by atoms with van der Waals surface area (Å²) in [6, 6.07) is 12.3. The van der Waals surface area contributed by atoms with Crippen molar-refractivity contribution < 1.29 is 10.7 Å². The second-order valence-corrected chi connectivity index (χ2v) is 3.56. The first-order valence-corrected chi connectivity index (χ1v) is 5.14. The summed E-state index contributed by atoms with van der Waals surface area (Å²) in [6.07, 6.45) is 5.30. The van der Waals surface area contributed by atoms with E-state index in [9.17, 15) is 0 Å². The molecule has 2 aromatic rings. The lowest BCUT2D eigenvalue weighted by Gasteiger charge is -1.97. The van der Waals surface area contributed by atoms with E-state index in [1.165, 1.54) is 5.39 Å². The van der Waals surface area contributed by atoms with E-state index in [2.05, 4.69) is 24.8 Å². The molecule has 2 rings (SSSR count). The number of quaternary nitrogens is 1. The Hall–Kier alpha value is -1.90. The Morgan fingerprint density at radius 1 is 1.12 bits per heavy atom. The van der Waals surface area contributed by atoms with Gasteiger partial charge >= 0.3 is 0 Å². The molecule has 0 atom stereocenters. The van der Waals surface area contributed by atoms with E-state index in [0.717, 1.165) is 21.3 Å². The monoisotopic (exact) mass is 212 g/mol. The van der Waals surface area contributed by atoms with E-state index in [1.54, 1.807) is 12.3 Å². The van der Waals surface area contributed by atoms with Crippen molar-refractivity contribution in [3.63, 3.8) is 0 Å². The standard InChI is InChI=1S/C14H13NO/c1-11-12(6-4-10-15-16)8-9-13-5-2-3-7-14(11)13/h2-10,15-16H,1H2/p+1/b10-4-,12-6-. The van der Waals surface area contributed by atoms with Gasteiger partial charge in [0.15, 0.2) is 0 Å². The summed E-state index contributed by atoms with van der Waals surface area (Å²) >= 11 is 0. The van der Waals surface area contributed by atoms with Gasteiger partial charge in [-0.2, -0.15) is 5.48 Å². The van der Waals surface area contributed by atoms with Crippen LogP contribution in [0.15, 0.2) is 48.7 Å². The average molecular weight is 212 g/mol. The van der Waals surface area contributed by atoms with Crippen molar-refractivity contribution in [2.45, 2.75) is 0 Å². The van der Waals surface area contributed by atoms with Crippen molar-refractivity contribution >= 4 is 23.4 Å². The van der Waals surface area contributed by atoms with Gasteiger partial charge in [0, 0.05) is 0 Å². The Morgan fingerprint density at radius 3 is 2.75 bits per heavy atom. The zero-order valence-corrected chi connectivity index (χ0v) is 8.93. The molecular weight excluding hydrogens is 198 g/mol. The largest absolute Gasteiger partial charge is 0.216 e. The smallest absolute Gasteiger partial charge is 0.125 e. The quantitative estimate of drug-likeness (QED) is 0.699. The van der Waals surface area contributed by atoms with Crippen molar-refractivity contribution in [2.24, 2.45) is 0 Å². The zero-order valence-electron chi connectivity index (χ0n) is 8.93. The molecular formula is C14H14NO+. The maximum absolute atomic E-state index is 8.54. The van der Waals surface area contributed by atoms with Crippen LogP contribution in [-0.4, -0.2) is 5.21 Å². The Bertz CT molecular complexity index is 629. The minimum absolute atomic E-state index is 1.01. The number of nitrogens with two attached hydrogens (primary N) is 1. The molecule has 0 aliphatic heterocycles. The predicted octanol–water partition coefficient (Wildman–Crippen LogP) is 0.497. The van der Waals surface area contributed by atoms with E-state index in [4.69, 9.17) is 5.21 Å². The molecule has 80 valence electrons. The van der Waals surface area contributed by atoms with Gasteiger partial charge in [0.25, 0.3) is 0 Å². The average Bonchev–Trinajstić information content (AvgIpc) is 2.33. The summed E-state index contributed by atoms with van der Waals surface area (Å²) < 4.78 is 0. The lowest BCUT2D eigenvalue weighted by molar-refractivity contribution is -0.838. The van der Waals surface area contributed by atoms with Gasteiger partial charge in [0.1, 0.15) is 6.20 Å². The number of fused-ring (bicyclic) bond motifs is 1. The number of benzene rings is 2. The number of hydrogen-bond donors (Lipinski definition) is 2. The predicted molar refractivity (Wildman–Crippen MR) is 66.0 cm³/mol. The summed E-state index contributed by atoms with van der Waals surface area (Å²) in [5.41, 5.74) is 1.01. The summed E-state index contributed by atoms with van der Waals surface area (Å²) in [5.74, 6) is 0. The first kappa shape index (κ1) is 10.6. The van der Waals surface area contributed by atoms with Gasteiger partial charge in [-0.25, -0.2) is 5.21 Å². The maximum atomic E-state index is 8.54. The Morgan fingerprint density at radius 2 is 1.94 bits per heavy atom. The highest BCUT2D eigenvalue weighted by molar-refractivity contribution is 5.83. The number of hydroxylamine groups is 1. The van der Waals surface area contributed by atoms with E-state index in [1.807, 2.05) is 24.3 Å². The Labute approximate surface area is 93.8 Å². The van der Waals surface area contributed by atoms with Gasteiger partial charge in [-0.15, -0.1) is 0 Å². The third-order valence-corrected chi connectivity index (χ3v) is 2.55. The molecule has 0 unspecified atom stereocenters. The molecule has 0 aliphatic rings. The van der Waals surface area contributed by atoms with Crippen LogP contribution in [0.25, 0.3) is 23.4 Å². The van der Waals surface area contributed by atoms with Crippen molar-refractivity contribution in [1.82, 2.24) is 0 Å². The fourth-order valence-electron chi connectivity index (χ4n) is 1.72. The third-order valence-electron chi connectivity index (χ3n) is 2.55. The summed E-state index contributed by atoms with van der Waals surface area (Å²) in [5, 5.41) is 13.0. The molecule has 0 saturated heterocycles. The van der Waals surface area contributed by atoms with Crippen LogP contribution < -0.4 is 15.9 Å². The van der Waals surface area contributed by atoms with Crippen LogP contribution in [0, 0.1) is 0 Å². The molecule has 2 aromatic carbocycles. The van der Waals surface area contributed by atoms with Crippen LogP contribution >= 0.6 is 0 Å². The SMILES string of the molecule is C=c1/c(=C\C=C/[NH2+]O)ccc2ccccc12. The molecule has 0 bridgehead atoms. The van der Waals surface area contributed by atoms with E-state index in [-0.39, 0.29) is 0 Å². The highest BCUT2D eigenvalue weighted by Crippen LogP contribution is 2.05. The molecule has 3 N–H and O–H groups in total. The van der Waals surface area contributed by atoms with Crippen molar-refractivity contribution in [3.8, 4) is 0 Å². The number of hydrogen-bond acceptors (Lipinski definition) is 1. The van der Waals surface area contributed by atoms with Crippen LogP contribution in [0.1, 0.15) is 0 Å². The van der Waals surface area contributed by atoms with Crippen LogP contribution in [-0.2, 0) is 0 Å². The van der Waals surface area contributed by atoms with Crippen LogP contribution in [0.4, 0.5) is 0 Å². The Balaban J connectivity index is 2.66. The minimum atomic E-state index is 1.01. The van der Waals surface area contributed by atoms with Gasteiger partial charge in [-0.05, 0) is 33.4 Å². The lowest BCUT2D eigenvalue weighted by Crippen LogP contribution is -2.73. The zero-order chi connectivity index (χ0) is 11.4. The molecule has 2 heteroatoms. The highest BCUT2D eigenvalue weighted by atomic mass is 16.5. The minimum Gasteiger partial charge on any atom is -0.216 e. The first-order valence-electron chi connectivity index (χ1n) is 5.14. The number of rotatable bonds is 2. The van der Waals surface area contributed by atoms with Gasteiger partial charge < -0.3 is 0 Å². The van der Waals surface area contributed by atoms with Gasteiger partial charge in [-0.1, -0.05) is 43.0 Å². The number of allylic oxidation sites excluding steroid dienone is 1. The molecule has 2 nitrogen and oxygen atoms in total. The van der Waals surface area contributed by atoms with Gasteiger partial charge in [-0.3, -0.25) is 0 Å². The summed E-state index contributed by atoms with van der Waals surface area (Å²) in [4.78, 5) is 0. The third kappa shape index (κ3) is 2.03. The van der Waals surface area contributed by atoms with Crippen molar-refractivity contribution in [2.75, 3.05) is 0 Å². The molecule has 0 radical (unpaired) electrons. The molecule has 0 aromatic heterocycles. The first-order chi connectivity index (χ1) is 7.83. The molecule has 0 heterocycles. The topological polar surface area (TPSA) is 36.8 Å². The van der Waals surface area contributed by atoms with Crippen molar-refractivity contribution in [3.05, 3.63) is 59.1 Å². The Kier molecular flexibility index (Phi) is 3.15. The lowest BCUT2D eigenvalue weighted by atomic mass is 10.1. The molecule has 0 fully saturated rings. The van der Waals surface area contributed by atoms with Crippen LogP contribution in [0.2, 0.25) is 0 Å². The summed E-state index contributed by atoms with van der Waals surface area (Å²) in [7, 11) is 0.